The number of benzene rings is 1. The van der Waals surface area contributed by atoms with Gasteiger partial charge in [-0.3, -0.25) is 15.0 Å². The standard InChI is InChI=1S/C23H38N2O6S/c1-22(2,17-32(29,30)15-14-26)12-7-13-23(3,21(28)25-24-4)19-9-6-8-18(16-19)10-11-20(27)31-5/h6,8-9,16,24,26H,7,10-15,17H2,1-5H3,(H,25,28)/t23-/m1/s1. The fourth-order valence-electron chi connectivity index (χ4n) is 3.86. The monoisotopic (exact) mass is 470 g/mol. The third-order valence-corrected chi connectivity index (χ3v) is 7.72. The van der Waals surface area contributed by atoms with Crippen LogP contribution in [-0.2, 0) is 36.0 Å². The van der Waals surface area contributed by atoms with E-state index < -0.39 is 20.7 Å². The Kier molecular flexibility index (Phi) is 10.8. The van der Waals surface area contributed by atoms with Crippen LogP contribution in [0, 0.1) is 5.41 Å². The number of rotatable bonds is 14. The van der Waals surface area contributed by atoms with Crippen LogP contribution in [0.2, 0.25) is 0 Å². The predicted molar refractivity (Wildman–Crippen MR) is 125 cm³/mol. The van der Waals surface area contributed by atoms with Crippen molar-refractivity contribution in [1.82, 2.24) is 10.9 Å². The van der Waals surface area contributed by atoms with Crippen LogP contribution in [0.3, 0.4) is 0 Å². The van der Waals surface area contributed by atoms with E-state index in [1.165, 1.54) is 7.11 Å². The highest BCUT2D eigenvalue weighted by Gasteiger charge is 2.36. The van der Waals surface area contributed by atoms with Crippen LogP contribution in [0.4, 0.5) is 0 Å². The molecule has 0 aliphatic heterocycles. The maximum atomic E-state index is 13.0. The van der Waals surface area contributed by atoms with E-state index >= 15 is 0 Å². The summed E-state index contributed by atoms with van der Waals surface area (Å²) in [7, 11) is -0.350. The van der Waals surface area contributed by atoms with Crippen LogP contribution < -0.4 is 10.9 Å². The SMILES string of the molecule is CNNC(=O)[C@](C)(CCCC(C)(C)CS(=O)(=O)CCO)c1cccc(CCC(=O)OC)c1. The number of carbonyl (C=O) groups excluding carboxylic acids is 2. The molecule has 0 saturated heterocycles. The Morgan fingerprint density at radius 3 is 2.44 bits per heavy atom. The quantitative estimate of drug-likeness (QED) is 0.280. The second-order valence-electron chi connectivity index (χ2n) is 9.15. The minimum atomic E-state index is -3.33. The molecule has 0 saturated carbocycles. The van der Waals surface area contributed by atoms with Crippen molar-refractivity contribution in [3.05, 3.63) is 35.4 Å². The van der Waals surface area contributed by atoms with Crippen LogP contribution in [-0.4, -0.2) is 57.7 Å². The number of esters is 1. The molecule has 3 N–H and O–H groups in total. The van der Waals surface area contributed by atoms with Gasteiger partial charge in [-0.25, -0.2) is 13.8 Å². The van der Waals surface area contributed by atoms with Crippen molar-refractivity contribution in [3.63, 3.8) is 0 Å². The van der Waals surface area contributed by atoms with Gasteiger partial charge in [0.2, 0.25) is 5.91 Å². The number of hydrazine groups is 1. The average molecular weight is 471 g/mol. The predicted octanol–water partition coefficient (Wildman–Crippen LogP) is 1.90. The molecule has 32 heavy (non-hydrogen) atoms. The number of methoxy groups -OCH3 is 1. The summed E-state index contributed by atoms with van der Waals surface area (Å²) in [4.78, 5) is 24.5. The van der Waals surface area contributed by atoms with Crippen LogP contribution >= 0.6 is 0 Å². The molecule has 8 nitrogen and oxygen atoms in total. The number of aryl methyl sites for hydroxylation is 1. The van der Waals surface area contributed by atoms with Crippen molar-refractivity contribution < 1.29 is 27.9 Å². The molecule has 0 fully saturated rings. The summed E-state index contributed by atoms with van der Waals surface area (Å²) in [5.74, 6) is -0.722. The van der Waals surface area contributed by atoms with Gasteiger partial charge in [0.05, 0.1) is 30.6 Å². The molecule has 0 radical (unpaired) electrons. The first kappa shape index (κ1) is 28.1. The van der Waals surface area contributed by atoms with Crippen LogP contribution in [0.25, 0.3) is 0 Å². The molecule has 9 heteroatoms. The fourth-order valence-corrected chi connectivity index (χ4v) is 5.62. The molecule has 182 valence electrons. The van der Waals surface area contributed by atoms with Gasteiger partial charge in [0, 0.05) is 13.5 Å². The lowest BCUT2D eigenvalue weighted by Crippen LogP contribution is -2.47. The molecule has 0 aliphatic carbocycles. The van der Waals surface area contributed by atoms with E-state index in [2.05, 4.69) is 10.9 Å². The lowest BCUT2D eigenvalue weighted by atomic mass is 9.75. The third-order valence-electron chi connectivity index (χ3n) is 5.69. The average Bonchev–Trinajstić information content (AvgIpc) is 2.71. The van der Waals surface area contributed by atoms with Crippen molar-refractivity contribution in [2.24, 2.45) is 5.41 Å². The zero-order valence-electron chi connectivity index (χ0n) is 19.9. The Morgan fingerprint density at radius 1 is 1.16 bits per heavy atom. The molecule has 1 aromatic carbocycles. The molecular formula is C23H38N2O6S. The maximum Gasteiger partial charge on any atom is 0.305 e. The first-order chi connectivity index (χ1) is 14.9. The molecule has 0 aliphatic rings. The van der Waals surface area contributed by atoms with Gasteiger partial charge in [-0.15, -0.1) is 0 Å². The molecule has 1 aromatic rings. The number of ether oxygens (including phenoxy) is 1. The summed E-state index contributed by atoms with van der Waals surface area (Å²) >= 11 is 0. The summed E-state index contributed by atoms with van der Waals surface area (Å²) in [5, 5.41) is 8.97. The normalized spacial score (nSPS) is 13.9. The first-order valence-corrected chi connectivity index (χ1v) is 12.7. The number of hydrogen-bond acceptors (Lipinski definition) is 7. The van der Waals surface area contributed by atoms with E-state index in [1.54, 1.807) is 7.05 Å². The van der Waals surface area contributed by atoms with Crippen LogP contribution in [0.1, 0.15) is 57.6 Å². The summed E-state index contributed by atoms with van der Waals surface area (Å²) in [5.41, 5.74) is 5.82. The largest absolute Gasteiger partial charge is 0.469 e. The van der Waals surface area contributed by atoms with E-state index in [0.717, 1.165) is 11.1 Å². The van der Waals surface area contributed by atoms with Gasteiger partial charge in [-0.05, 0) is 42.7 Å². The Bertz CT molecular complexity index is 869. The van der Waals surface area contributed by atoms with Gasteiger partial charge < -0.3 is 9.84 Å². The number of amides is 1. The first-order valence-electron chi connectivity index (χ1n) is 10.8. The fraction of sp³-hybridized carbons (Fsp3) is 0.652. The van der Waals surface area contributed by atoms with Gasteiger partial charge >= 0.3 is 5.97 Å². The van der Waals surface area contributed by atoms with E-state index in [1.807, 2.05) is 45.0 Å². The van der Waals surface area contributed by atoms with Gasteiger partial charge in [0.25, 0.3) is 0 Å². The Morgan fingerprint density at radius 2 is 1.84 bits per heavy atom. The smallest absolute Gasteiger partial charge is 0.305 e. The van der Waals surface area contributed by atoms with Gasteiger partial charge in [0.1, 0.15) is 0 Å². The molecule has 1 atom stereocenters. The van der Waals surface area contributed by atoms with Crippen molar-refractivity contribution in [2.75, 3.05) is 32.3 Å². The lowest BCUT2D eigenvalue weighted by Gasteiger charge is -2.31. The third kappa shape index (κ3) is 8.88. The highest BCUT2D eigenvalue weighted by atomic mass is 32.2. The van der Waals surface area contributed by atoms with Crippen LogP contribution in [0.15, 0.2) is 24.3 Å². The van der Waals surface area contributed by atoms with E-state index in [4.69, 9.17) is 9.84 Å². The summed E-state index contributed by atoms with van der Waals surface area (Å²) in [6.45, 7) is 5.27. The highest BCUT2D eigenvalue weighted by Crippen LogP contribution is 2.34. The van der Waals surface area contributed by atoms with Crippen molar-refractivity contribution >= 4 is 21.7 Å². The summed E-state index contributed by atoms with van der Waals surface area (Å²) in [6.07, 6.45) is 2.55. The Labute approximate surface area is 192 Å². The van der Waals surface area contributed by atoms with Crippen molar-refractivity contribution in [3.8, 4) is 0 Å². The molecule has 0 aromatic heterocycles. The molecule has 1 rings (SSSR count). The van der Waals surface area contributed by atoms with Crippen molar-refractivity contribution in [2.45, 2.75) is 58.3 Å². The number of aliphatic hydroxyl groups is 1. The van der Waals surface area contributed by atoms with Crippen LogP contribution in [0.5, 0.6) is 0 Å². The van der Waals surface area contributed by atoms with E-state index in [-0.39, 0.29) is 36.4 Å². The lowest BCUT2D eigenvalue weighted by molar-refractivity contribution is -0.140. The second-order valence-corrected chi connectivity index (χ2v) is 11.3. The molecule has 0 bridgehead atoms. The number of nitrogens with one attached hydrogen (secondary N) is 2. The number of hydrogen-bond donors (Lipinski definition) is 3. The maximum absolute atomic E-state index is 13.0. The van der Waals surface area contributed by atoms with Gasteiger partial charge in [0.15, 0.2) is 9.84 Å². The summed E-state index contributed by atoms with van der Waals surface area (Å²) in [6, 6.07) is 7.62. The molecule has 0 heterocycles. The summed E-state index contributed by atoms with van der Waals surface area (Å²) < 4.78 is 29.0. The van der Waals surface area contributed by atoms with Gasteiger partial charge in [-0.1, -0.05) is 44.5 Å². The van der Waals surface area contributed by atoms with E-state index in [9.17, 15) is 18.0 Å². The highest BCUT2D eigenvalue weighted by molar-refractivity contribution is 7.91. The van der Waals surface area contributed by atoms with Crippen molar-refractivity contribution in [1.29, 1.82) is 0 Å². The minimum Gasteiger partial charge on any atom is -0.469 e. The zero-order chi connectivity index (χ0) is 24.4. The zero-order valence-corrected chi connectivity index (χ0v) is 20.7. The molecule has 1 amide bonds. The second kappa shape index (κ2) is 12.3. The molecule has 0 unspecified atom stereocenters. The number of aliphatic hydroxyl groups excluding tert-OH is 1. The number of carbonyl (C=O) groups is 2. The topological polar surface area (TPSA) is 122 Å². The van der Waals surface area contributed by atoms with Gasteiger partial charge in [-0.2, -0.15) is 0 Å². The number of sulfone groups is 1. The Balaban J connectivity index is 3.00. The Hall–Kier alpha value is -1.97. The van der Waals surface area contributed by atoms with E-state index in [0.29, 0.717) is 25.7 Å². The molecular weight excluding hydrogens is 432 g/mol. The molecule has 0 spiro atoms. The minimum absolute atomic E-state index is 0.0109.